The van der Waals surface area contributed by atoms with Crippen molar-refractivity contribution in [2.45, 2.75) is 34.1 Å². The molecule has 0 atom stereocenters. The third-order valence-corrected chi connectivity index (χ3v) is 2.56. The Morgan fingerprint density at radius 2 is 1.88 bits per heavy atom. The van der Waals surface area contributed by atoms with Crippen LogP contribution < -0.4 is 0 Å². The summed E-state index contributed by atoms with van der Waals surface area (Å²) in [6.07, 6.45) is 0.719. The minimum Gasteiger partial charge on any atom is -0.461 e. The molecule has 16 heavy (non-hydrogen) atoms. The molecule has 0 radical (unpaired) electrons. The first-order valence-corrected chi connectivity index (χ1v) is 5.42. The van der Waals surface area contributed by atoms with Gasteiger partial charge in [0.25, 0.3) is 0 Å². The summed E-state index contributed by atoms with van der Waals surface area (Å²) in [5.74, 6) is -0.460. The molecule has 1 heterocycles. The molecule has 0 spiro atoms. The Labute approximate surface area is 95.0 Å². The van der Waals surface area contributed by atoms with E-state index in [1.807, 2.05) is 13.8 Å². The molecule has 0 saturated carbocycles. The molecule has 0 aliphatic heterocycles. The molecule has 1 rings (SSSR count). The Bertz CT molecular complexity index is 418. The second kappa shape index (κ2) is 4.96. The molecule has 4 nitrogen and oxygen atoms in total. The molecule has 0 fully saturated rings. The van der Waals surface area contributed by atoms with E-state index in [0.29, 0.717) is 18.0 Å². The first-order chi connectivity index (χ1) is 7.52. The van der Waals surface area contributed by atoms with Gasteiger partial charge in [-0.15, -0.1) is 0 Å². The van der Waals surface area contributed by atoms with Crippen molar-refractivity contribution in [1.82, 2.24) is 4.98 Å². The van der Waals surface area contributed by atoms with E-state index in [2.05, 4.69) is 4.98 Å². The van der Waals surface area contributed by atoms with Crippen molar-refractivity contribution < 1.29 is 14.3 Å². The smallest absolute Gasteiger partial charge is 0.355 e. The second-order valence-corrected chi connectivity index (χ2v) is 3.61. The normalized spacial score (nSPS) is 10.2. The lowest BCUT2D eigenvalue weighted by Crippen LogP contribution is -2.07. The highest BCUT2D eigenvalue weighted by molar-refractivity contribution is 5.98. The minimum absolute atomic E-state index is 0.0597. The number of hydrogen-bond acceptors (Lipinski definition) is 3. The fraction of sp³-hybridized carbons (Fsp3) is 0.500. The number of H-pyrrole nitrogens is 1. The minimum atomic E-state index is -0.401. The summed E-state index contributed by atoms with van der Waals surface area (Å²) in [4.78, 5) is 25.9. The standard InChI is InChI=1S/C12H17NO3/c1-5-9-7(3)10(12(15)16-6-2)13-11(9)8(4)14/h13H,5-6H2,1-4H3. The summed E-state index contributed by atoms with van der Waals surface area (Å²) in [6.45, 7) is 7.35. The number of Topliss-reactive ketones (excluding diaryl/α,β-unsaturated/α-hetero) is 1. The SMILES string of the molecule is CCOC(=O)c1[nH]c(C(C)=O)c(CC)c1C. The van der Waals surface area contributed by atoms with Crippen molar-refractivity contribution >= 4 is 11.8 Å². The Balaban J connectivity index is 3.22. The highest BCUT2D eigenvalue weighted by atomic mass is 16.5. The molecule has 0 aromatic carbocycles. The first-order valence-electron chi connectivity index (χ1n) is 5.42. The Hall–Kier alpha value is -1.58. The second-order valence-electron chi connectivity index (χ2n) is 3.61. The van der Waals surface area contributed by atoms with Crippen LogP contribution in [0, 0.1) is 6.92 Å². The number of rotatable bonds is 4. The van der Waals surface area contributed by atoms with Crippen molar-refractivity contribution in [1.29, 1.82) is 0 Å². The summed E-state index contributed by atoms with van der Waals surface area (Å²) in [7, 11) is 0. The van der Waals surface area contributed by atoms with Crippen molar-refractivity contribution in [3.63, 3.8) is 0 Å². The maximum Gasteiger partial charge on any atom is 0.355 e. The highest BCUT2D eigenvalue weighted by Gasteiger charge is 2.20. The predicted molar refractivity (Wildman–Crippen MR) is 60.9 cm³/mol. The van der Waals surface area contributed by atoms with Gasteiger partial charge in [0.15, 0.2) is 5.78 Å². The van der Waals surface area contributed by atoms with Gasteiger partial charge in [-0.05, 0) is 31.4 Å². The van der Waals surface area contributed by atoms with Gasteiger partial charge in [-0.1, -0.05) is 6.92 Å². The topological polar surface area (TPSA) is 59.2 Å². The number of nitrogens with one attached hydrogen (secondary N) is 1. The lowest BCUT2D eigenvalue weighted by molar-refractivity contribution is 0.0519. The van der Waals surface area contributed by atoms with Crippen LogP contribution in [0.5, 0.6) is 0 Å². The van der Waals surface area contributed by atoms with Crippen LogP contribution in [0.1, 0.15) is 52.9 Å². The number of esters is 1. The van der Waals surface area contributed by atoms with Gasteiger partial charge in [0, 0.05) is 6.92 Å². The molecule has 0 bridgehead atoms. The molecule has 0 aliphatic carbocycles. The van der Waals surface area contributed by atoms with Crippen LogP contribution in [0.2, 0.25) is 0 Å². The number of aromatic amines is 1. The van der Waals surface area contributed by atoms with E-state index in [4.69, 9.17) is 4.74 Å². The summed E-state index contributed by atoms with van der Waals surface area (Å²) < 4.78 is 4.92. The fourth-order valence-corrected chi connectivity index (χ4v) is 1.78. The molecule has 4 heteroatoms. The molecule has 88 valence electrons. The van der Waals surface area contributed by atoms with Crippen LogP contribution >= 0.6 is 0 Å². The molecule has 0 saturated heterocycles. The summed E-state index contributed by atoms with van der Waals surface area (Å²) in [5.41, 5.74) is 2.62. The largest absolute Gasteiger partial charge is 0.461 e. The molecular formula is C12H17NO3. The molecule has 1 N–H and O–H groups in total. The van der Waals surface area contributed by atoms with Gasteiger partial charge in [0.1, 0.15) is 5.69 Å². The van der Waals surface area contributed by atoms with E-state index in [0.717, 1.165) is 17.5 Å². The quantitative estimate of drug-likeness (QED) is 0.629. The highest BCUT2D eigenvalue weighted by Crippen LogP contribution is 2.20. The van der Waals surface area contributed by atoms with E-state index in [1.54, 1.807) is 6.92 Å². The Morgan fingerprint density at radius 1 is 1.25 bits per heavy atom. The van der Waals surface area contributed by atoms with Crippen LogP contribution in [0.25, 0.3) is 0 Å². The monoisotopic (exact) mass is 223 g/mol. The van der Waals surface area contributed by atoms with E-state index >= 15 is 0 Å². The summed E-state index contributed by atoms with van der Waals surface area (Å²) in [5, 5.41) is 0. The zero-order chi connectivity index (χ0) is 12.3. The Morgan fingerprint density at radius 3 is 2.25 bits per heavy atom. The van der Waals surface area contributed by atoms with Gasteiger partial charge < -0.3 is 9.72 Å². The molecular weight excluding hydrogens is 206 g/mol. The van der Waals surface area contributed by atoms with Crippen molar-refractivity contribution in [2.24, 2.45) is 0 Å². The molecule has 0 unspecified atom stereocenters. The number of carbonyl (C=O) groups is 2. The number of ketones is 1. The zero-order valence-corrected chi connectivity index (χ0v) is 10.1. The van der Waals surface area contributed by atoms with E-state index in [9.17, 15) is 9.59 Å². The number of carbonyl (C=O) groups excluding carboxylic acids is 2. The third-order valence-electron chi connectivity index (χ3n) is 2.56. The molecule has 0 aliphatic rings. The van der Waals surface area contributed by atoms with Gasteiger partial charge in [-0.25, -0.2) is 4.79 Å². The summed E-state index contributed by atoms with van der Waals surface area (Å²) in [6, 6.07) is 0. The van der Waals surface area contributed by atoms with E-state index < -0.39 is 5.97 Å². The van der Waals surface area contributed by atoms with Crippen LogP contribution in [0.3, 0.4) is 0 Å². The number of ether oxygens (including phenoxy) is 1. The summed E-state index contributed by atoms with van der Waals surface area (Å²) >= 11 is 0. The van der Waals surface area contributed by atoms with Crippen LogP contribution in [0.15, 0.2) is 0 Å². The molecule has 1 aromatic rings. The van der Waals surface area contributed by atoms with Gasteiger partial charge in [-0.3, -0.25) is 4.79 Å². The van der Waals surface area contributed by atoms with Crippen LogP contribution in [-0.4, -0.2) is 23.3 Å². The van der Waals surface area contributed by atoms with Crippen LogP contribution in [-0.2, 0) is 11.2 Å². The predicted octanol–water partition coefficient (Wildman–Crippen LogP) is 2.26. The molecule has 1 aromatic heterocycles. The van der Waals surface area contributed by atoms with E-state index in [-0.39, 0.29) is 5.78 Å². The van der Waals surface area contributed by atoms with Crippen molar-refractivity contribution in [3.05, 3.63) is 22.5 Å². The average molecular weight is 223 g/mol. The van der Waals surface area contributed by atoms with Crippen molar-refractivity contribution in [3.8, 4) is 0 Å². The maximum atomic E-state index is 11.6. The number of hydrogen-bond donors (Lipinski definition) is 1. The third kappa shape index (κ3) is 2.15. The first kappa shape index (κ1) is 12.5. The molecule has 0 amide bonds. The van der Waals surface area contributed by atoms with Gasteiger partial charge >= 0.3 is 5.97 Å². The van der Waals surface area contributed by atoms with Gasteiger partial charge in [0.05, 0.1) is 12.3 Å². The van der Waals surface area contributed by atoms with Gasteiger partial charge in [0.2, 0.25) is 0 Å². The van der Waals surface area contributed by atoms with Crippen molar-refractivity contribution in [2.75, 3.05) is 6.61 Å². The lowest BCUT2D eigenvalue weighted by Gasteiger charge is -2.00. The average Bonchev–Trinajstić information content (AvgIpc) is 2.55. The maximum absolute atomic E-state index is 11.6. The van der Waals surface area contributed by atoms with Crippen LogP contribution in [0.4, 0.5) is 0 Å². The fourth-order valence-electron chi connectivity index (χ4n) is 1.78. The zero-order valence-electron chi connectivity index (χ0n) is 10.1. The lowest BCUT2D eigenvalue weighted by atomic mass is 10.1. The number of aromatic nitrogens is 1. The van der Waals surface area contributed by atoms with E-state index in [1.165, 1.54) is 6.92 Å². The Kier molecular flexibility index (Phi) is 3.88. The van der Waals surface area contributed by atoms with Gasteiger partial charge in [-0.2, -0.15) is 0 Å².